The topological polar surface area (TPSA) is 38.5 Å². The molecule has 0 amide bonds. The Hall–Kier alpha value is -0.340. The van der Waals surface area contributed by atoms with Crippen molar-refractivity contribution in [1.29, 1.82) is 0 Å². The molecule has 2 atom stereocenters. The third-order valence-electron chi connectivity index (χ3n) is 1.38. The summed E-state index contributed by atoms with van der Waals surface area (Å²) in [7, 11) is 0. The predicted octanol–water partition coefficient (Wildman–Crippen LogP) is 0.289. The van der Waals surface area contributed by atoms with E-state index in [1.54, 1.807) is 0 Å². The van der Waals surface area contributed by atoms with E-state index < -0.39 is 0 Å². The van der Waals surface area contributed by atoms with Gasteiger partial charge in [0.25, 0.3) is 0 Å². The highest BCUT2D eigenvalue weighted by molar-refractivity contribution is 5.12. The van der Waals surface area contributed by atoms with E-state index in [1.807, 2.05) is 6.92 Å². The minimum Gasteiger partial charge on any atom is -0.365 e. The fraction of sp³-hybridized carbons (Fsp3) is 0.667. The summed E-state index contributed by atoms with van der Waals surface area (Å²) in [6.07, 6.45) is 0.631. The first-order chi connectivity index (χ1) is 3.75. The van der Waals surface area contributed by atoms with Crippen LogP contribution in [-0.2, 0) is 4.74 Å². The second-order valence-electron chi connectivity index (χ2n) is 2.12. The molecule has 1 heterocycles. The van der Waals surface area contributed by atoms with Gasteiger partial charge in [0.05, 0.1) is 6.10 Å². The Balaban J connectivity index is 2.28. The van der Waals surface area contributed by atoms with Gasteiger partial charge in [-0.1, -0.05) is 6.58 Å². The Labute approximate surface area is 49.3 Å². The summed E-state index contributed by atoms with van der Waals surface area (Å²) in [5.74, 6) is 0. The number of hydrogen-bond acceptors (Lipinski definition) is 2. The van der Waals surface area contributed by atoms with Crippen molar-refractivity contribution in [2.75, 3.05) is 6.54 Å². The summed E-state index contributed by atoms with van der Waals surface area (Å²) < 4.78 is 5.09. The minimum absolute atomic E-state index is 0.264. The zero-order chi connectivity index (χ0) is 6.15. The van der Waals surface area contributed by atoms with Crippen LogP contribution in [0.1, 0.15) is 6.92 Å². The van der Waals surface area contributed by atoms with Gasteiger partial charge < -0.3 is 10.5 Å². The molecule has 1 aliphatic rings. The molecule has 0 radical (unpaired) electrons. The maximum atomic E-state index is 5.30. The SMILES string of the molecule is C=C(CN)C1OC1C. The van der Waals surface area contributed by atoms with Crippen LogP contribution in [0.4, 0.5) is 0 Å². The number of nitrogens with two attached hydrogens (primary N) is 1. The van der Waals surface area contributed by atoms with E-state index in [2.05, 4.69) is 6.58 Å². The molecule has 2 N–H and O–H groups in total. The molecule has 2 nitrogen and oxygen atoms in total. The normalized spacial score (nSPS) is 34.8. The van der Waals surface area contributed by atoms with Gasteiger partial charge in [-0.05, 0) is 12.5 Å². The number of hydrogen-bond donors (Lipinski definition) is 1. The lowest BCUT2D eigenvalue weighted by atomic mass is 10.2. The Morgan fingerprint density at radius 3 is 2.50 bits per heavy atom. The number of rotatable bonds is 2. The third kappa shape index (κ3) is 0.904. The summed E-state index contributed by atoms with van der Waals surface area (Å²) in [6, 6.07) is 0. The van der Waals surface area contributed by atoms with Gasteiger partial charge in [-0.25, -0.2) is 0 Å². The Morgan fingerprint density at radius 2 is 2.38 bits per heavy atom. The average Bonchev–Trinajstić information content (AvgIpc) is 2.45. The van der Waals surface area contributed by atoms with Crippen molar-refractivity contribution in [3.8, 4) is 0 Å². The molecule has 0 saturated carbocycles. The van der Waals surface area contributed by atoms with Crippen LogP contribution >= 0.6 is 0 Å². The number of ether oxygens (including phenoxy) is 1. The molecule has 2 heteroatoms. The van der Waals surface area contributed by atoms with E-state index in [1.165, 1.54) is 0 Å². The fourth-order valence-electron chi connectivity index (χ4n) is 0.730. The van der Waals surface area contributed by atoms with Crippen molar-refractivity contribution in [2.24, 2.45) is 5.73 Å². The van der Waals surface area contributed by atoms with Crippen LogP contribution in [0, 0.1) is 0 Å². The molecule has 0 bridgehead atoms. The molecule has 0 spiro atoms. The molecule has 0 aromatic rings. The van der Waals surface area contributed by atoms with Crippen molar-refractivity contribution < 1.29 is 4.74 Å². The second kappa shape index (κ2) is 1.88. The lowest BCUT2D eigenvalue weighted by Crippen LogP contribution is -2.07. The number of epoxide rings is 1. The van der Waals surface area contributed by atoms with Gasteiger partial charge in [-0.3, -0.25) is 0 Å². The maximum Gasteiger partial charge on any atom is 0.106 e. The zero-order valence-corrected chi connectivity index (χ0v) is 5.05. The summed E-state index contributed by atoms with van der Waals surface area (Å²) in [5.41, 5.74) is 6.31. The van der Waals surface area contributed by atoms with Crippen molar-refractivity contribution in [3.05, 3.63) is 12.2 Å². The van der Waals surface area contributed by atoms with E-state index in [4.69, 9.17) is 10.5 Å². The largest absolute Gasteiger partial charge is 0.365 e. The smallest absolute Gasteiger partial charge is 0.106 e. The van der Waals surface area contributed by atoms with Crippen LogP contribution < -0.4 is 5.73 Å². The summed E-state index contributed by atoms with van der Waals surface area (Å²) in [6.45, 7) is 6.31. The van der Waals surface area contributed by atoms with Crippen LogP contribution in [-0.4, -0.2) is 18.8 Å². The lowest BCUT2D eigenvalue weighted by molar-refractivity contribution is 0.394. The van der Waals surface area contributed by atoms with E-state index in [9.17, 15) is 0 Å². The van der Waals surface area contributed by atoms with E-state index in [0.717, 1.165) is 5.57 Å². The molecule has 0 aliphatic carbocycles. The van der Waals surface area contributed by atoms with Gasteiger partial charge in [0.15, 0.2) is 0 Å². The first-order valence-corrected chi connectivity index (χ1v) is 2.79. The van der Waals surface area contributed by atoms with Crippen LogP contribution in [0.3, 0.4) is 0 Å². The molecule has 46 valence electrons. The van der Waals surface area contributed by atoms with Crippen molar-refractivity contribution >= 4 is 0 Å². The first kappa shape index (κ1) is 5.79. The maximum absolute atomic E-state index is 5.30. The molecule has 2 unspecified atom stereocenters. The van der Waals surface area contributed by atoms with Gasteiger partial charge in [0.2, 0.25) is 0 Å². The van der Waals surface area contributed by atoms with Gasteiger partial charge >= 0.3 is 0 Å². The zero-order valence-electron chi connectivity index (χ0n) is 5.05. The van der Waals surface area contributed by atoms with E-state index in [-0.39, 0.29) is 6.10 Å². The molecule has 1 rings (SSSR count). The quantitative estimate of drug-likeness (QED) is 0.413. The molecule has 0 aromatic heterocycles. The summed E-state index contributed by atoms with van der Waals surface area (Å²) in [4.78, 5) is 0. The van der Waals surface area contributed by atoms with E-state index >= 15 is 0 Å². The highest BCUT2D eigenvalue weighted by atomic mass is 16.6. The third-order valence-corrected chi connectivity index (χ3v) is 1.38. The highest BCUT2D eigenvalue weighted by Crippen LogP contribution is 2.26. The summed E-state index contributed by atoms with van der Waals surface area (Å²) in [5, 5.41) is 0. The molecule has 0 aromatic carbocycles. The van der Waals surface area contributed by atoms with Crippen molar-refractivity contribution in [3.63, 3.8) is 0 Å². The van der Waals surface area contributed by atoms with Crippen LogP contribution in [0.15, 0.2) is 12.2 Å². The van der Waals surface area contributed by atoms with Gasteiger partial charge in [0.1, 0.15) is 6.10 Å². The van der Waals surface area contributed by atoms with Crippen LogP contribution in [0.25, 0.3) is 0 Å². The average molecular weight is 113 g/mol. The molecular weight excluding hydrogens is 102 g/mol. The van der Waals surface area contributed by atoms with Gasteiger partial charge in [-0.2, -0.15) is 0 Å². The van der Waals surface area contributed by atoms with Gasteiger partial charge in [-0.15, -0.1) is 0 Å². The van der Waals surface area contributed by atoms with Gasteiger partial charge in [0, 0.05) is 6.54 Å². The Bertz CT molecular complexity index is 111. The highest BCUT2D eigenvalue weighted by Gasteiger charge is 2.35. The molecule has 8 heavy (non-hydrogen) atoms. The van der Waals surface area contributed by atoms with E-state index in [0.29, 0.717) is 12.6 Å². The monoisotopic (exact) mass is 113 g/mol. The molecule has 1 aliphatic heterocycles. The first-order valence-electron chi connectivity index (χ1n) is 2.79. The lowest BCUT2D eigenvalue weighted by Gasteiger charge is -1.91. The Kier molecular flexibility index (Phi) is 1.36. The molecule has 1 saturated heterocycles. The summed E-state index contributed by atoms with van der Waals surface area (Å²) >= 11 is 0. The van der Waals surface area contributed by atoms with Crippen LogP contribution in [0.2, 0.25) is 0 Å². The molecule has 1 fully saturated rings. The van der Waals surface area contributed by atoms with Crippen molar-refractivity contribution in [2.45, 2.75) is 19.1 Å². The standard InChI is InChI=1S/C6H11NO/c1-4(3-7)6-5(2)8-6/h5-6H,1,3,7H2,2H3. The van der Waals surface area contributed by atoms with Crippen LogP contribution in [0.5, 0.6) is 0 Å². The van der Waals surface area contributed by atoms with Crippen molar-refractivity contribution in [1.82, 2.24) is 0 Å². The second-order valence-corrected chi connectivity index (χ2v) is 2.12. The Morgan fingerprint density at radius 1 is 1.88 bits per heavy atom. The predicted molar refractivity (Wildman–Crippen MR) is 32.5 cm³/mol. The molecular formula is C6H11NO. The minimum atomic E-state index is 0.264. The fourth-order valence-corrected chi connectivity index (χ4v) is 0.730.